The minimum Gasteiger partial charge on any atom is -0.321 e. The van der Waals surface area contributed by atoms with E-state index in [-0.39, 0.29) is 11.1 Å². The molecule has 7 heteroatoms. The fourth-order valence-corrected chi connectivity index (χ4v) is 2.69. The smallest absolute Gasteiger partial charge is 0.257 e. The second-order valence-corrected chi connectivity index (χ2v) is 6.23. The molecular weight excluding hydrogens is 364 g/mol. The van der Waals surface area contributed by atoms with Crippen LogP contribution < -0.4 is 10.6 Å². The first-order chi connectivity index (χ1) is 13.4. The van der Waals surface area contributed by atoms with E-state index in [4.69, 9.17) is 0 Å². The third-order valence-corrected chi connectivity index (χ3v) is 4.18. The third kappa shape index (κ3) is 4.03. The van der Waals surface area contributed by atoms with Gasteiger partial charge in [-0.3, -0.25) is 14.6 Å². The van der Waals surface area contributed by atoms with E-state index in [1.54, 1.807) is 0 Å². The number of hydrogen-bond acceptors (Lipinski definition) is 3. The predicted molar refractivity (Wildman–Crippen MR) is 102 cm³/mol. The van der Waals surface area contributed by atoms with E-state index in [0.717, 1.165) is 23.3 Å². The number of para-hydroxylation sites is 2. The maximum absolute atomic E-state index is 13.7. The number of amides is 2. The maximum atomic E-state index is 13.7. The number of aryl methyl sites for hydroxylation is 2. The van der Waals surface area contributed by atoms with Gasteiger partial charge in [-0.15, -0.1) is 0 Å². The highest BCUT2D eigenvalue weighted by Gasteiger charge is 2.16. The summed E-state index contributed by atoms with van der Waals surface area (Å²) in [7, 11) is 0. The predicted octanol–water partition coefficient (Wildman–Crippen LogP) is 4.48. The van der Waals surface area contributed by atoms with Crippen LogP contribution in [0.25, 0.3) is 0 Å². The van der Waals surface area contributed by atoms with E-state index in [1.807, 2.05) is 32.0 Å². The molecule has 3 rings (SSSR count). The molecule has 0 bridgehead atoms. The normalized spacial score (nSPS) is 10.4. The van der Waals surface area contributed by atoms with Gasteiger partial charge in [0.1, 0.15) is 17.3 Å². The van der Waals surface area contributed by atoms with E-state index in [1.165, 1.54) is 24.5 Å². The molecule has 2 aromatic carbocycles. The van der Waals surface area contributed by atoms with Crippen LogP contribution >= 0.6 is 0 Å². The van der Waals surface area contributed by atoms with Crippen LogP contribution in [0.1, 0.15) is 31.8 Å². The summed E-state index contributed by atoms with van der Waals surface area (Å²) in [5, 5.41) is 4.97. The lowest BCUT2D eigenvalue weighted by molar-refractivity contribution is 0.102. The summed E-state index contributed by atoms with van der Waals surface area (Å²) < 4.78 is 27.4. The SMILES string of the molecule is Cc1cccc(C)c1NC(=O)c1cncc(C(=O)Nc2c(F)cccc2F)c1. The van der Waals surface area contributed by atoms with Gasteiger partial charge in [-0.25, -0.2) is 8.78 Å². The van der Waals surface area contributed by atoms with Crippen LogP contribution in [0.15, 0.2) is 54.9 Å². The number of nitrogens with zero attached hydrogens (tertiary/aromatic N) is 1. The van der Waals surface area contributed by atoms with Gasteiger partial charge < -0.3 is 10.6 Å². The summed E-state index contributed by atoms with van der Waals surface area (Å²) in [5.41, 5.74) is 2.05. The summed E-state index contributed by atoms with van der Waals surface area (Å²) in [4.78, 5) is 28.8. The first-order valence-corrected chi connectivity index (χ1v) is 8.45. The molecule has 0 aliphatic carbocycles. The Morgan fingerprint density at radius 3 is 1.79 bits per heavy atom. The van der Waals surface area contributed by atoms with Crippen molar-refractivity contribution >= 4 is 23.2 Å². The Morgan fingerprint density at radius 1 is 0.786 bits per heavy atom. The molecule has 0 spiro atoms. The Balaban J connectivity index is 1.82. The molecule has 1 heterocycles. The number of carbonyl (C=O) groups excluding carboxylic acids is 2. The molecular formula is C21H17F2N3O2. The molecule has 5 nitrogen and oxygen atoms in total. The van der Waals surface area contributed by atoms with Crippen molar-refractivity contribution in [3.8, 4) is 0 Å². The number of aromatic nitrogens is 1. The fraction of sp³-hybridized carbons (Fsp3) is 0.0952. The molecule has 0 aliphatic rings. The molecule has 1 aromatic heterocycles. The van der Waals surface area contributed by atoms with Crippen molar-refractivity contribution in [3.63, 3.8) is 0 Å². The highest BCUT2D eigenvalue weighted by atomic mass is 19.1. The van der Waals surface area contributed by atoms with Crippen LogP contribution in [0.5, 0.6) is 0 Å². The topological polar surface area (TPSA) is 71.1 Å². The zero-order valence-corrected chi connectivity index (χ0v) is 15.2. The molecule has 0 fully saturated rings. The number of nitrogens with one attached hydrogen (secondary N) is 2. The number of pyridine rings is 1. The third-order valence-electron chi connectivity index (χ3n) is 4.18. The Kier molecular flexibility index (Phi) is 5.44. The van der Waals surface area contributed by atoms with Crippen molar-refractivity contribution in [3.05, 3.63) is 88.7 Å². The van der Waals surface area contributed by atoms with Crippen molar-refractivity contribution < 1.29 is 18.4 Å². The van der Waals surface area contributed by atoms with Gasteiger partial charge in [0.25, 0.3) is 11.8 Å². The van der Waals surface area contributed by atoms with Gasteiger partial charge in [0.15, 0.2) is 0 Å². The van der Waals surface area contributed by atoms with Crippen molar-refractivity contribution in [1.82, 2.24) is 4.98 Å². The lowest BCUT2D eigenvalue weighted by atomic mass is 10.1. The van der Waals surface area contributed by atoms with Crippen molar-refractivity contribution in [1.29, 1.82) is 0 Å². The lowest BCUT2D eigenvalue weighted by Gasteiger charge is -2.12. The average molecular weight is 381 g/mol. The van der Waals surface area contributed by atoms with E-state index >= 15 is 0 Å². The van der Waals surface area contributed by atoms with Crippen LogP contribution in [0.2, 0.25) is 0 Å². The largest absolute Gasteiger partial charge is 0.321 e. The number of hydrogen-bond donors (Lipinski definition) is 2. The van der Waals surface area contributed by atoms with Gasteiger partial charge in [-0.2, -0.15) is 0 Å². The second kappa shape index (κ2) is 7.96. The summed E-state index contributed by atoms with van der Waals surface area (Å²) >= 11 is 0. The molecule has 2 N–H and O–H groups in total. The van der Waals surface area contributed by atoms with Crippen molar-refractivity contribution in [2.75, 3.05) is 10.6 Å². The lowest BCUT2D eigenvalue weighted by Crippen LogP contribution is -2.18. The van der Waals surface area contributed by atoms with Gasteiger partial charge in [0.2, 0.25) is 0 Å². The molecule has 3 aromatic rings. The second-order valence-electron chi connectivity index (χ2n) is 6.23. The zero-order valence-electron chi connectivity index (χ0n) is 15.2. The summed E-state index contributed by atoms with van der Waals surface area (Å²) in [5.74, 6) is -3.02. The molecule has 142 valence electrons. The molecule has 2 amide bonds. The Labute approximate surface area is 160 Å². The summed E-state index contributed by atoms with van der Waals surface area (Å²) in [6.07, 6.45) is 2.52. The Morgan fingerprint density at radius 2 is 1.25 bits per heavy atom. The Hall–Kier alpha value is -3.61. The van der Waals surface area contributed by atoms with Crippen molar-refractivity contribution in [2.45, 2.75) is 13.8 Å². The van der Waals surface area contributed by atoms with Crippen LogP contribution in [-0.2, 0) is 0 Å². The molecule has 0 unspecified atom stereocenters. The number of carbonyl (C=O) groups is 2. The number of rotatable bonds is 4. The maximum Gasteiger partial charge on any atom is 0.257 e. The highest BCUT2D eigenvalue weighted by Crippen LogP contribution is 2.21. The van der Waals surface area contributed by atoms with Crippen LogP contribution in [-0.4, -0.2) is 16.8 Å². The first-order valence-electron chi connectivity index (χ1n) is 8.45. The van der Waals surface area contributed by atoms with Gasteiger partial charge in [0.05, 0.1) is 11.1 Å². The quantitative estimate of drug-likeness (QED) is 0.700. The minimum absolute atomic E-state index is 0.00295. The molecule has 0 radical (unpaired) electrons. The fourth-order valence-electron chi connectivity index (χ4n) is 2.69. The van der Waals surface area contributed by atoms with E-state index in [9.17, 15) is 18.4 Å². The number of benzene rings is 2. The van der Waals surface area contributed by atoms with Gasteiger partial charge in [0, 0.05) is 18.1 Å². The summed E-state index contributed by atoms with van der Waals surface area (Å²) in [6.45, 7) is 3.74. The zero-order chi connectivity index (χ0) is 20.3. The molecule has 28 heavy (non-hydrogen) atoms. The monoisotopic (exact) mass is 381 g/mol. The van der Waals surface area contributed by atoms with Gasteiger partial charge in [-0.05, 0) is 43.2 Å². The average Bonchev–Trinajstić information content (AvgIpc) is 2.67. The standard InChI is InChI=1S/C21H17F2N3O2/c1-12-5-3-6-13(2)18(12)25-20(27)14-9-15(11-24-10-14)21(28)26-19-16(22)7-4-8-17(19)23/h3-11H,1-2H3,(H,25,27)(H,26,28). The molecule has 0 atom stereocenters. The van der Waals surface area contributed by atoms with Crippen LogP contribution in [0, 0.1) is 25.5 Å². The minimum atomic E-state index is -0.898. The highest BCUT2D eigenvalue weighted by molar-refractivity contribution is 6.08. The van der Waals surface area contributed by atoms with E-state index in [2.05, 4.69) is 15.6 Å². The molecule has 0 saturated carbocycles. The van der Waals surface area contributed by atoms with E-state index < -0.39 is 29.1 Å². The van der Waals surface area contributed by atoms with Gasteiger partial charge >= 0.3 is 0 Å². The number of anilines is 2. The van der Waals surface area contributed by atoms with Crippen LogP contribution in [0.4, 0.5) is 20.2 Å². The van der Waals surface area contributed by atoms with E-state index in [0.29, 0.717) is 5.69 Å². The first kappa shape index (κ1) is 19.2. The summed E-state index contributed by atoms with van der Waals surface area (Å²) in [6, 6.07) is 10.2. The molecule has 0 saturated heterocycles. The Bertz CT molecular complexity index is 946. The van der Waals surface area contributed by atoms with Crippen molar-refractivity contribution in [2.24, 2.45) is 0 Å². The number of halogens is 2. The van der Waals surface area contributed by atoms with Gasteiger partial charge in [-0.1, -0.05) is 24.3 Å². The molecule has 0 aliphatic heterocycles. The van der Waals surface area contributed by atoms with Crippen LogP contribution in [0.3, 0.4) is 0 Å².